The number of aromatic hydroxyl groups is 1. The highest BCUT2D eigenvalue weighted by atomic mass is 16.5. The van der Waals surface area contributed by atoms with Crippen LogP contribution in [0.5, 0.6) is 5.75 Å². The number of anilines is 4. The Morgan fingerprint density at radius 3 is 2.32 bits per heavy atom. The lowest BCUT2D eigenvalue weighted by Gasteiger charge is -2.27. The van der Waals surface area contributed by atoms with E-state index in [0.29, 0.717) is 43.8 Å². The van der Waals surface area contributed by atoms with Crippen LogP contribution in [-0.4, -0.2) is 52.6 Å². The lowest BCUT2D eigenvalue weighted by Crippen LogP contribution is -2.37. The molecule has 1 aromatic heterocycles. The molecule has 0 radical (unpaired) electrons. The van der Waals surface area contributed by atoms with Gasteiger partial charge in [0.1, 0.15) is 5.75 Å². The molecule has 0 unspecified atom stereocenters. The Labute approximate surface area is 213 Å². The number of ether oxygens (including phenoxy) is 1. The van der Waals surface area contributed by atoms with Gasteiger partial charge in [0.25, 0.3) is 0 Å². The van der Waals surface area contributed by atoms with Crippen LogP contribution in [0.4, 0.5) is 23.5 Å². The van der Waals surface area contributed by atoms with Crippen LogP contribution in [0.3, 0.4) is 0 Å². The number of nitrogens with zero attached hydrogens (tertiary/aromatic N) is 5. The van der Waals surface area contributed by atoms with Crippen LogP contribution in [0, 0.1) is 0 Å². The molecular formula is C28H25N7O2. The summed E-state index contributed by atoms with van der Waals surface area (Å²) in [6.07, 6.45) is 1.58. The quantitative estimate of drug-likeness (QED) is 0.227. The molecule has 9 nitrogen and oxygen atoms in total. The minimum absolute atomic E-state index is 0.146. The molecule has 9 heteroatoms. The summed E-state index contributed by atoms with van der Waals surface area (Å²) in [6, 6.07) is 25.6. The van der Waals surface area contributed by atoms with Crippen LogP contribution in [0.25, 0.3) is 21.5 Å². The van der Waals surface area contributed by atoms with Crippen LogP contribution in [-0.2, 0) is 4.74 Å². The Kier molecular flexibility index (Phi) is 6.18. The summed E-state index contributed by atoms with van der Waals surface area (Å²) in [5, 5.41) is 22.2. The highest BCUT2D eigenvalue weighted by Crippen LogP contribution is 2.27. The highest BCUT2D eigenvalue weighted by molar-refractivity contribution is 6.02. The van der Waals surface area contributed by atoms with Crippen LogP contribution in [0.1, 0.15) is 5.56 Å². The van der Waals surface area contributed by atoms with Crippen molar-refractivity contribution in [1.29, 1.82) is 0 Å². The van der Waals surface area contributed by atoms with Crippen LogP contribution < -0.4 is 15.6 Å². The summed E-state index contributed by atoms with van der Waals surface area (Å²) in [4.78, 5) is 15.9. The summed E-state index contributed by atoms with van der Waals surface area (Å²) in [7, 11) is 0. The monoisotopic (exact) mass is 491 g/mol. The number of hydrazone groups is 1. The van der Waals surface area contributed by atoms with Gasteiger partial charge in [-0.15, -0.1) is 0 Å². The average molecular weight is 492 g/mol. The Morgan fingerprint density at radius 1 is 0.784 bits per heavy atom. The number of hydrogen-bond donors (Lipinski definition) is 3. The lowest BCUT2D eigenvalue weighted by molar-refractivity contribution is 0.122. The summed E-state index contributed by atoms with van der Waals surface area (Å²) in [5.41, 5.74) is 4.43. The van der Waals surface area contributed by atoms with Gasteiger partial charge in [-0.1, -0.05) is 66.7 Å². The molecule has 4 aromatic carbocycles. The van der Waals surface area contributed by atoms with E-state index in [1.807, 2.05) is 54.6 Å². The first-order valence-corrected chi connectivity index (χ1v) is 12.1. The zero-order chi connectivity index (χ0) is 25.0. The summed E-state index contributed by atoms with van der Waals surface area (Å²) >= 11 is 0. The maximum absolute atomic E-state index is 10.4. The molecule has 0 bridgehead atoms. The van der Waals surface area contributed by atoms with E-state index in [0.717, 1.165) is 27.2 Å². The molecule has 0 saturated carbocycles. The van der Waals surface area contributed by atoms with Gasteiger partial charge in [0.15, 0.2) is 0 Å². The molecule has 0 aliphatic carbocycles. The molecule has 1 fully saturated rings. The number of hydrogen-bond acceptors (Lipinski definition) is 9. The fourth-order valence-corrected chi connectivity index (χ4v) is 4.40. The Bertz CT molecular complexity index is 1590. The third-order valence-corrected chi connectivity index (χ3v) is 6.26. The number of phenols is 1. The van der Waals surface area contributed by atoms with Gasteiger partial charge < -0.3 is 20.1 Å². The van der Waals surface area contributed by atoms with Crippen LogP contribution in [0.2, 0.25) is 0 Å². The average Bonchev–Trinajstić information content (AvgIpc) is 2.95. The Morgan fingerprint density at radius 2 is 1.49 bits per heavy atom. The van der Waals surface area contributed by atoms with Crippen molar-refractivity contribution in [3.05, 3.63) is 84.4 Å². The van der Waals surface area contributed by atoms with Gasteiger partial charge in [0.2, 0.25) is 17.8 Å². The molecule has 3 N–H and O–H groups in total. The zero-order valence-corrected chi connectivity index (χ0v) is 20.0. The third-order valence-electron chi connectivity index (χ3n) is 6.26. The maximum Gasteiger partial charge on any atom is 0.250 e. The fraction of sp³-hybridized carbons (Fsp3) is 0.143. The van der Waals surface area contributed by atoms with E-state index in [4.69, 9.17) is 4.74 Å². The standard InChI is InChI=1S/C28H25N7O2/c36-25-13-12-20-7-1-3-9-21(20)23(25)18-29-34-27-31-26(32-28(33-27)35-14-16-37-17-15-35)30-24-11-5-8-19-6-2-4-10-22(19)24/h1-13,18,36H,14-17H2,(H2,30,31,32,33,34)/b29-18-. The predicted octanol–water partition coefficient (Wildman–Crippen LogP) is 4.91. The second-order valence-corrected chi connectivity index (χ2v) is 8.62. The second kappa shape index (κ2) is 10.1. The number of rotatable bonds is 6. The van der Waals surface area contributed by atoms with Crippen molar-refractivity contribution in [2.75, 3.05) is 41.9 Å². The van der Waals surface area contributed by atoms with Gasteiger partial charge in [-0.3, -0.25) is 0 Å². The van der Waals surface area contributed by atoms with Crippen LogP contribution >= 0.6 is 0 Å². The number of morpholine rings is 1. The molecule has 2 heterocycles. The molecule has 1 saturated heterocycles. The first kappa shape index (κ1) is 22.7. The molecule has 5 aromatic rings. The van der Waals surface area contributed by atoms with Gasteiger partial charge in [-0.25, -0.2) is 5.43 Å². The van der Waals surface area contributed by atoms with E-state index in [2.05, 4.69) is 53.9 Å². The first-order valence-electron chi connectivity index (χ1n) is 12.1. The molecule has 184 valence electrons. The number of phenolic OH excluding ortho intramolecular Hbond substituents is 1. The van der Waals surface area contributed by atoms with Gasteiger partial charge in [0.05, 0.1) is 19.4 Å². The van der Waals surface area contributed by atoms with Crippen molar-refractivity contribution < 1.29 is 9.84 Å². The summed E-state index contributed by atoms with van der Waals surface area (Å²) < 4.78 is 5.49. The largest absolute Gasteiger partial charge is 0.507 e. The molecule has 1 aliphatic rings. The highest BCUT2D eigenvalue weighted by Gasteiger charge is 2.17. The molecule has 0 amide bonds. The maximum atomic E-state index is 10.4. The molecule has 0 spiro atoms. The molecule has 1 aliphatic heterocycles. The Balaban J connectivity index is 1.33. The topological polar surface area (TPSA) is 108 Å². The normalized spacial score (nSPS) is 13.9. The Hall–Kier alpha value is -4.76. The summed E-state index contributed by atoms with van der Waals surface area (Å²) in [5.74, 6) is 1.37. The zero-order valence-electron chi connectivity index (χ0n) is 20.0. The number of benzene rings is 4. The number of nitrogens with one attached hydrogen (secondary N) is 2. The fourth-order valence-electron chi connectivity index (χ4n) is 4.40. The predicted molar refractivity (Wildman–Crippen MR) is 147 cm³/mol. The van der Waals surface area contributed by atoms with Crippen molar-refractivity contribution in [2.24, 2.45) is 5.10 Å². The van der Waals surface area contributed by atoms with E-state index in [-0.39, 0.29) is 11.7 Å². The lowest BCUT2D eigenvalue weighted by atomic mass is 10.0. The first-order chi connectivity index (χ1) is 18.2. The SMILES string of the molecule is Oc1ccc2ccccc2c1/C=N\Nc1nc(Nc2cccc3ccccc23)nc(N2CCOCC2)n1. The second-order valence-electron chi connectivity index (χ2n) is 8.62. The van der Waals surface area contributed by atoms with Gasteiger partial charge in [0, 0.05) is 29.7 Å². The minimum atomic E-state index is 0.146. The van der Waals surface area contributed by atoms with Gasteiger partial charge >= 0.3 is 0 Å². The van der Waals surface area contributed by atoms with Crippen LogP contribution in [0.15, 0.2) is 84.0 Å². The van der Waals surface area contributed by atoms with E-state index in [9.17, 15) is 5.11 Å². The molecule has 6 rings (SSSR count). The van der Waals surface area contributed by atoms with E-state index < -0.39 is 0 Å². The minimum Gasteiger partial charge on any atom is -0.507 e. The third kappa shape index (κ3) is 4.85. The van der Waals surface area contributed by atoms with Gasteiger partial charge in [-0.2, -0.15) is 20.1 Å². The van der Waals surface area contributed by atoms with E-state index in [1.165, 1.54) is 0 Å². The van der Waals surface area contributed by atoms with Crippen molar-refractivity contribution >= 4 is 51.3 Å². The van der Waals surface area contributed by atoms with E-state index in [1.54, 1.807) is 12.3 Å². The van der Waals surface area contributed by atoms with E-state index >= 15 is 0 Å². The summed E-state index contributed by atoms with van der Waals surface area (Å²) in [6.45, 7) is 2.59. The smallest absolute Gasteiger partial charge is 0.250 e. The van der Waals surface area contributed by atoms with Crippen molar-refractivity contribution in [3.63, 3.8) is 0 Å². The van der Waals surface area contributed by atoms with Gasteiger partial charge in [-0.05, 0) is 28.3 Å². The number of aromatic nitrogens is 3. The van der Waals surface area contributed by atoms with Crippen molar-refractivity contribution in [2.45, 2.75) is 0 Å². The van der Waals surface area contributed by atoms with Crippen molar-refractivity contribution in [3.8, 4) is 5.75 Å². The molecular weight excluding hydrogens is 466 g/mol. The molecule has 37 heavy (non-hydrogen) atoms. The number of fused-ring (bicyclic) bond motifs is 2. The molecule has 0 atom stereocenters. The van der Waals surface area contributed by atoms with Crippen molar-refractivity contribution in [1.82, 2.24) is 15.0 Å².